The predicted molar refractivity (Wildman–Crippen MR) is 129 cm³/mol. The molecule has 0 unspecified atom stereocenters. The zero-order valence-electron chi connectivity index (χ0n) is 20.6. The van der Waals surface area contributed by atoms with Crippen LogP contribution in [0, 0.1) is 0 Å². The van der Waals surface area contributed by atoms with Crippen LogP contribution >= 0.6 is 0 Å². The fourth-order valence-electron chi connectivity index (χ4n) is 3.59. The number of aliphatic carboxylic acids is 3. The smallest absolute Gasteiger partial charge is 0.328 e. The largest absolute Gasteiger partial charge is 0.480 e. The summed E-state index contributed by atoms with van der Waals surface area (Å²) in [5.74, 6) is -4.20. The van der Waals surface area contributed by atoms with E-state index in [0.717, 1.165) is 5.56 Å². The molecule has 11 heteroatoms. The van der Waals surface area contributed by atoms with Gasteiger partial charge in [0.15, 0.2) is 0 Å². The minimum Gasteiger partial charge on any atom is -0.480 e. The van der Waals surface area contributed by atoms with Gasteiger partial charge in [-0.3, -0.25) is 14.9 Å². The SMILES string of the molecule is CC(C)OC(=O)[C@H](CCc1ccccc1)N[C@@H](C)C(=O)N1CCC[C@@H]1C(=O)O.O=C(O)/C=C\C(=O)O. The number of carboxylic acids is 3. The first-order valence-electron chi connectivity index (χ1n) is 11.6. The summed E-state index contributed by atoms with van der Waals surface area (Å²) in [6, 6.07) is 7.67. The zero-order chi connectivity index (χ0) is 27.3. The Bertz CT molecular complexity index is 915. The first-order chi connectivity index (χ1) is 16.9. The minimum absolute atomic E-state index is 0.255. The molecule has 1 amide bonds. The van der Waals surface area contributed by atoms with E-state index >= 15 is 0 Å². The number of likely N-dealkylation sites (tertiary alicyclic amines) is 1. The van der Waals surface area contributed by atoms with Crippen LogP contribution in [0.5, 0.6) is 0 Å². The van der Waals surface area contributed by atoms with Crippen LogP contribution in [0.15, 0.2) is 42.5 Å². The fraction of sp³-hybridized carbons (Fsp3) is 0.480. The Hall–Kier alpha value is -3.73. The number of ether oxygens (including phenoxy) is 1. The Morgan fingerprint density at radius 3 is 2.11 bits per heavy atom. The number of benzene rings is 1. The van der Waals surface area contributed by atoms with Crippen LogP contribution in [0.3, 0.4) is 0 Å². The summed E-state index contributed by atoms with van der Waals surface area (Å²) in [5, 5.41) is 28.0. The van der Waals surface area contributed by atoms with E-state index in [1.165, 1.54) is 4.90 Å². The number of nitrogens with one attached hydrogen (secondary N) is 1. The number of amides is 1. The molecular weight excluding hydrogens is 472 g/mol. The van der Waals surface area contributed by atoms with Crippen molar-refractivity contribution >= 4 is 29.8 Å². The van der Waals surface area contributed by atoms with E-state index in [4.69, 9.17) is 14.9 Å². The molecule has 1 aliphatic heterocycles. The van der Waals surface area contributed by atoms with Gasteiger partial charge in [-0.2, -0.15) is 0 Å². The second kappa shape index (κ2) is 15.3. The molecule has 0 aromatic heterocycles. The average Bonchev–Trinajstić information content (AvgIpc) is 3.30. The monoisotopic (exact) mass is 506 g/mol. The number of aryl methyl sites for hydroxylation is 1. The third-order valence-corrected chi connectivity index (χ3v) is 5.21. The fourth-order valence-corrected chi connectivity index (χ4v) is 3.59. The Morgan fingerprint density at radius 1 is 1.03 bits per heavy atom. The van der Waals surface area contributed by atoms with Crippen molar-refractivity contribution in [3.05, 3.63) is 48.0 Å². The number of rotatable bonds is 11. The lowest BCUT2D eigenvalue weighted by molar-refractivity contribution is -0.152. The lowest BCUT2D eigenvalue weighted by atomic mass is 10.0. The molecule has 3 atom stereocenters. The standard InChI is InChI=1S/C21H30N2O5.C4H4O4/c1-14(2)28-21(27)17(12-11-16-8-5-4-6-9-16)22-15(3)19(24)23-13-7-10-18(23)20(25)26;5-3(6)1-2-4(7)8/h4-6,8-9,14-15,17-18,22H,7,10-13H2,1-3H3,(H,25,26);1-2H,(H,5,6)(H,7,8)/b;2-1-/t15-,17-,18+;/m0./s1. The highest BCUT2D eigenvalue weighted by Gasteiger charge is 2.37. The topological polar surface area (TPSA) is 171 Å². The summed E-state index contributed by atoms with van der Waals surface area (Å²) in [6.07, 6.45) is 3.13. The molecule has 11 nitrogen and oxygen atoms in total. The van der Waals surface area contributed by atoms with E-state index in [1.54, 1.807) is 20.8 Å². The van der Waals surface area contributed by atoms with Crippen molar-refractivity contribution in [1.82, 2.24) is 10.2 Å². The lowest BCUT2D eigenvalue weighted by Gasteiger charge is -2.28. The number of carbonyl (C=O) groups is 5. The summed E-state index contributed by atoms with van der Waals surface area (Å²) in [7, 11) is 0. The number of carbonyl (C=O) groups excluding carboxylic acids is 2. The Kier molecular flexibility index (Phi) is 12.9. The second-order valence-corrected chi connectivity index (χ2v) is 8.49. The van der Waals surface area contributed by atoms with Crippen LogP contribution in [0.1, 0.15) is 45.6 Å². The third kappa shape index (κ3) is 11.1. The van der Waals surface area contributed by atoms with E-state index < -0.39 is 42.0 Å². The molecule has 36 heavy (non-hydrogen) atoms. The van der Waals surface area contributed by atoms with E-state index in [1.807, 2.05) is 30.3 Å². The van der Waals surface area contributed by atoms with Crippen LogP contribution in [0.2, 0.25) is 0 Å². The summed E-state index contributed by atoms with van der Waals surface area (Å²) in [6.45, 7) is 5.65. The molecule has 1 fully saturated rings. The molecule has 1 heterocycles. The Morgan fingerprint density at radius 2 is 1.61 bits per heavy atom. The lowest BCUT2D eigenvalue weighted by Crippen LogP contribution is -2.53. The number of hydrogen-bond acceptors (Lipinski definition) is 7. The van der Waals surface area contributed by atoms with Crippen molar-refractivity contribution in [3.63, 3.8) is 0 Å². The number of carboxylic acid groups (broad SMARTS) is 3. The summed E-state index contributed by atoms with van der Waals surface area (Å²) < 4.78 is 5.35. The molecule has 0 saturated carbocycles. The van der Waals surface area contributed by atoms with Crippen LogP contribution in [-0.2, 0) is 35.1 Å². The van der Waals surface area contributed by atoms with E-state index in [-0.39, 0.29) is 12.0 Å². The summed E-state index contributed by atoms with van der Waals surface area (Å²) >= 11 is 0. The van der Waals surface area contributed by atoms with E-state index in [0.29, 0.717) is 44.4 Å². The molecule has 1 aromatic carbocycles. The molecule has 1 aromatic rings. The molecule has 4 N–H and O–H groups in total. The number of nitrogens with zero attached hydrogens (tertiary/aromatic N) is 1. The van der Waals surface area contributed by atoms with Gasteiger partial charge in [-0.15, -0.1) is 0 Å². The minimum atomic E-state index is -1.26. The van der Waals surface area contributed by atoms with Gasteiger partial charge < -0.3 is 25.0 Å². The van der Waals surface area contributed by atoms with E-state index in [2.05, 4.69) is 5.32 Å². The van der Waals surface area contributed by atoms with Gasteiger partial charge in [0.05, 0.1) is 12.1 Å². The van der Waals surface area contributed by atoms with E-state index in [9.17, 15) is 29.1 Å². The quantitative estimate of drug-likeness (QED) is 0.256. The molecule has 0 spiro atoms. The van der Waals surface area contributed by atoms with Crippen molar-refractivity contribution < 1.29 is 44.0 Å². The molecule has 0 radical (unpaired) electrons. The van der Waals surface area contributed by atoms with Gasteiger partial charge in [-0.25, -0.2) is 14.4 Å². The average molecular weight is 507 g/mol. The zero-order valence-corrected chi connectivity index (χ0v) is 20.6. The van der Waals surface area contributed by atoms with Crippen LogP contribution < -0.4 is 5.32 Å². The van der Waals surface area contributed by atoms with Crippen LogP contribution in [-0.4, -0.2) is 80.8 Å². The van der Waals surface area contributed by atoms with Crippen molar-refractivity contribution in [2.45, 2.75) is 70.7 Å². The van der Waals surface area contributed by atoms with Crippen molar-refractivity contribution in [2.75, 3.05) is 6.54 Å². The highest BCUT2D eigenvalue weighted by molar-refractivity contribution is 5.89. The highest BCUT2D eigenvalue weighted by Crippen LogP contribution is 2.19. The van der Waals surface area contributed by atoms with Crippen LogP contribution in [0.4, 0.5) is 0 Å². The van der Waals surface area contributed by atoms with Crippen LogP contribution in [0.25, 0.3) is 0 Å². The molecule has 1 saturated heterocycles. The Labute approximate surface area is 209 Å². The number of hydrogen-bond donors (Lipinski definition) is 4. The summed E-state index contributed by atoms with van der Waals surface area (Å²) in [5.41, 5.74) is 1.09. The van der Waals surface area contributed by atoms with Gasteiger partial charge in [0.25, 0.3) is 0 Å². The van der Waals surface area contributed by atoms with Gasteiger partial charge in [-0.05, 0) is 52.0 Å². The predicted octanol–water partition coefficient (Wildman–Crippen LogP) is 1.70. The maximum absolute atomic E-state index is 12.8. The van der Waals surface area contributed by atoms with Gasteiger partial charge >= 0.3 is 23.9 Å². The Balaban J connectivity index is 0.000000697. The molecule has 2 rings (SSSR count). The maximum Gasteiger partial charge on any atom is 0.328 e. The molecule has 0 bridgehead atoms. The van der Waals surface area contributed by atoms with Gasteiger partial charge in [-0.1, -0.05) is 30.3 Å². The molecule has 0 aliphatic carbocycles. The first-order valence-corrected chi connectivity index (χ1v) is 11.6. The van der Waals surface area contributed by atoms with Gasteiger partial charge in [0.1, 0.15) is 12.1 Å². The second-order valence-electron chi connectivity index (χ2n) is 8.49. The molecule has 198 valence electrons. The van der Waals surface area contributed by atoms with Crippen molar-refractivity contribution in [1.29, 1.82) is 0 Å². The summed E-state index contributed by atoms with van der Waals surface area (Å²) in [4.78, 5) is 57.1. The number of esters is 1. The highest BCUT2D eigenvalue weighted by atomic mass is 16.5. The normalized spacial score (nSPS) is 16.7. The van der Waals surface area contributed by atoms with Gasteiger partial charge in [0.2, 0.25) is 5.91 Å². The molecule has 1 aliphatic rings. The molecular formula is C25H34N2O9. The third-order valence-electron chi connectivity index (χ3n) is 5.21. The van der Waals surface area contributed by atoms with Crippen molar-refractivity contribution in [3.8, 4) is 0 Å². The maximum atomic E-state index is 12.8. The van der Waals surface area contributed by atoms with Gasteiger partial charge in [0, 0.05) is 18.7 Å². The van der Waals surface area contributed by atoms with Crippen molar-refractivity contribution in [2.24, 2.45) is 0 Å². The first kappa shape index (κ1) is 30.3.